The van der Waals surface area contributed by atoms with Gasteiger partial charge in [0.1, 0.15) is 11.5 Å². The summed E-state index contributed by atoms with van der Waals surface area (Å²) in [7, 11) is 0. The number of ether oxygens (including phenoxy) is 1. The highest BCUT2D eigenvalue weighted by molar-refractivity contribution is 6.04. The van der Waals surface area contributed by atoms with Gasteiger partial charge in [0.25, 0.3) is 0 Å². The van der Waals surface area contributed by atoms with E-state index < -0.39 is 0 Å². The normalized spacial score (nSPS) is 11.6. The first-order valence-corrected chi connectivity index (χ1v) is 15.5. The molecule has 47 heavy (non-hydrogen) atoms. The third-order valence-corrected chi connectivity index (χ3v) is 8.62. The van der Waals surface area contributed by atoms with Crippen molar-refractivity contribution in [3.8, 4) is 79.0 Å². The first kappa shape index (κ1) is 26.9. The van der Waals surface area contributed by atoms with Crippen LogP contribution in [0.15, 0.2) is 158 Å². The van der Waals surface area contributed by atoms with Gasteiger partial charge in [0.15, 0.2) is 17.5 Å². The van der Waals surface area contributed by atoms with Gasteiger partial charge in [0.2, 0.25) is 0 Å². The van der Waals surface area contributed by atoms with Crippen molar-refractivity contribution in [3.63, 3.8) is 0 Å². The van der Waals surface area contributed by atoms with E-state index in [1.165, 1.54) is 10.9 Å². The zero-order chi connectivity index (χ0) is 31.2. The summed E-state index contributed by atoms with van der Waals surface area (Å²) < 4.78 is 6.32. The number of fused-ring (bicyclic) bond motifs is 2. The molecule has 220 valence electrons. The van der Waals surface area contributed by atoms with Crippen molar-refractivity contribution in [2.24, 2.45) is 0 Å². The van der Waals surface area contributed by atoms with Crippen molar-refractivity contribution in [3.05, 3.63) is 158 Å². The topological polar surface area (TPSA) is 60.8 Å². The molecule has 0 saturated heterocycles. The second-order valence-corrected chi connectivity index (χ2v) is 11.5. The van der Waals surface area contributed by atoms with Crippen LogP contribution < -0.4 is 4.74 Å². The van der Waals surface area contributed by atoms with Gasteiger partial charge in [-0.05, 0) is 58.0 Å². The van der Waals surface area contributed by atoms with E-state index in [0.29, 0.717) is 17.5 Å². The van der Waals surface area contributed by atoms with Crippen LogP contribution in [-0.4, -0.2) is 19.9 Å². The maximum Gasteiger partial charge on any atom is 0.164 e. The van der Waals surface area contributed by atoms with Crippen LogP contribution in [0.25, 0.3) is 78.3 Å². The Kier molecular flexibility index (Phi) is 6.39. The van der Waals surface area contributed by atoms with E-state index in [9.17, 15) is 0 Å². The molecule has 6 aromatic carbocycles. The summed E-state index contributed by atoms with van der Waals surface area (Å²) >= 11 is 0. The van der Waals surface area contributed by atoms with Gasteiger partial charge in [-0.15, -0.1) is 0 Å². The van der Waals surface area contributed by atoms with E-state index in [4.69, 9.17) is 19.7 Å². The monoisotopic (exact) mass is 602 g/mol. The Balaban J connectivity index is 1.10. The molecule has 0 N–H and O–H groups in total. The van der Waals surface area contributed by atoms with Gasteiger partial charge in [0, 0.05) is 45.6 Å². The summed E-state index contributed by atoms with van der Waals surface area (Å²) in [6.45, 7) is 0. The SMILES string of the molecule is c1ccc(-c2nc(-c3ccc(-c4ccc5c(c4)-c4cccc6cccc(c46)O5)cc3)nc(-c3cccc(-c4cccnc4)c3)n2)cc1. The lowest BCUT2D eigenvalue weighted by atomic mass is 9.92. The minimum Gasteiger partial charge on any atom is -0.456 e. The fourth-order valence-corrected chi connectivity index (χ4v) is 6.28. The van der Waals surface area contributed by atoms with Crippen LogP contribution in [0.5, 0.6) is 11.5 Å². The molecule has 5 heteroatoms. The molecule has 3 heterocycles. The van der Waals surface area contributed by atoms with Crippen LogP contribution in [-0.2, 0) is 0 Å². The molecule has 0 amide bonds. The second kappa shape index (κ2) is 11.2. The smallest absolute Gasteiger partial charge is 0.164 e. The number of benzene rings is 6. The van der Waals surface area contributed by atoms with Crippen molar-refractivity contribution >= 4 is 10.8 Å². The largest absolute Gasteiger partial charge is 0.456 e. The van der Waals surface area contributed by atoms with E-state index >= 15 is 0 Å². The lowest BCUT2D eigenvalue weighted by molar-refractivity contribution is 0.487. The Hall–Kier alpha value is -6.46. The van der Waals surface area contributed by atoms with Crippen molar-refractivity contribution in [1.29, 1.82) is 0 Å². The average Bonchev–Trinajstić information content (AvgIpc) is 3.16. The zero-order valence-corrected chi connectivity index (χ0v) is 25.2. The Labute approximate surface area is 271 Å². The molecule has 0 atom stereocenters. The van der Waals surface area contributed by atoms with Gasteiger partial charge < -0.3 is 4.74 Å². The molecule has 9 rings (SSSR count). The van der Waals surface area contributed by atoms with E-state index in [1.54, 1.807) is 6.20 Å². The molecule has 0 fully saturated rings. The minimum absolute atomic E-state index is 0.618. The van der Waals surface area contributed by atoms with Crippen molar-refractivity contribution in [1.82, 2.24) is 19.9 Å². The summed E-state index contributed by atoms with van der Waals surface area (Å²) in [4.78, 5) is 19.1. The maximum atomic E-state index is 6.32. The predicted molar refractivity (Wildman–Crippen MR) is 188 cm³/mol. The molecule has 0 saturated carbocycles. The standard InChI is InChI=1S/C42H26N4O/c1-2-8-29(9-3-1)40-44-41(46-42(45-40)33-13-4-12-31(24-33)34-14-7-23-43-26-34)30-19-17-27(18-20-30)32-21-22-37-36(25-32)35-15-5-10-28-11-6-16-38(47-37)39(28)35/h1-26H. The fraction of sp³-hybridized carbons (Fsp3) is 0. The Bertz CT molecular complexity index is 2420. The molecule has 1 aliphatic heterocycles. The molecule has 2 aromatic heterocycles. The highest BCUT2D eigenvalue weighted by Gasteiger charge is 2.20. The summed E-state index contributed by atoms with van der Waals surface area (Å²) in [6, 6.07) is 49.7. The predicted octanol–water partition coefficient (Wildman–Crippen LogP) is 10.5. The molecule has 0 spiro atoms. The van der Waals surface area contributed by atoms with E-state index in [0.717, 1.165) is 61.4 Å². The summed E-state index contributed by atoms with van der Waals surface area (Å²) in [5.41, 5.74) is 9.36. The highest BCUT2D eigenvalue weighted by Crippen LogP contribution is 2.47. The van der Waals surface area contributed by atoms with Crippen molar-refractivity contribution < 1.29 is 4.74 Å². The van der Waals surface area contributed by atoms with Crippen molar-refractivity contribution in [2.45, 2.75) is 0 Å². The van der Waals surface area contributed by atoms with E-state index in [2.05, 4.69) is 89.9 Å². The third kappa shape index (κ3) is 4.91. The highest BCUT2D eigenvalue weighted by atomic mass is 16.5. The Morgan fingerprint density at radius 2 is 1.00 bits per heavy atom. The van der Waals surface area contributed by atoms with Crippen LogP contribution in [0.4, 0.5) is 0 Å². The lowest BCUT2D eigenvalue weighted by Crippen LogP contribution is -2.00. The minimum atomic E-state index is 0.618. The summed E-state index contributed by atoms with van der Waals surface area (Å²) in [6.07, 6.45) is 3.65. The van der Waals surface area contributed by atoms with Crippen LogP contribution in [0.1, 0.15) is 0 Å². The molecule has 0 bridgehead atoms. The van der Waals surface area contributed by atoms with E-state index in [1.807, 2.05) is 66.9 Å². The summed E-state index contributed by atoms with van der Waals surface area (Å²) in [5.74, 6) is 3.64. The molecule has 8 aromatic rings. The van der Waals surface area contributed by atoms with Gasteiger partial charge in [-0.2, -0.15) is 0 Å². The molecule has 0 radical (unpaired) electrons. The lowest BCUT2D eigenvalue weighted by Gasteiger charge is -2.22. The fourth-order valence-electron chi connectivity index (χ4n) is 6.28. The van der Waals surface area contributed by atoms with Gasteiger partial charge in [-0.25, -0.2) is 15.0 Å². The number of aromatic nitrogens is 4. The molecule has 5 nitrogen and oxygen atoms in total. The van der Waals surface area contributed by atoms with Gasteiger partial charge in [-0.1, -0.05) is 115 Å². The maximum absolute atomic E-state index is 6.32. The summed E-state index contributed by atoms with van der Waals surface area (Å²) in [5, 5.41) is 2.33. The molecule has 0 aliphatic carbocycles. The molecular weight excluding hydrogens is 576 g/mol. The van der Waals surface area contributed by atoms with Crippen LogP contribution in [0.3, 0.4) is 0 Å². The first-order chi connectivity index (χ1) is 23.3. The van der Waals surface area contributed by atoms with E-state index in [-0.39, 0.29) is 0 Å². The van der Waals surface area contributed by atoms with Gasteiger partial charge >= 0.3 is 0 Å². The number of nitrogens with zero attached hydrogens (tertiary/aromatic N) is 4. The molecule has 0 unspecified atom stereocenters. The molecular formula is C42H26N4O. The number of pyridine rings is 1. The zero-order valence-electron chi connectivity index (χ0n) is 25.2. The quantitative estimate of drug-likeness (QED) is 0.196. The molecule has 1 aliphatic rings. The third-order valence-electron chi connectivity index (χ3n) is 8.62. The first-order valence-electron chi connectivity index (χ1n) is 15.5. The van der Waals surface area contributed by atoms with Crippen LogP contribution in [0, 0.1) is 0 Å². The average molecular weight is 603 g/mol. The van der Waals surface area contributed by atoms with Gasteiger partial charge in [0.05, 0.1) is 0 Å². The van der Waals surface area contributed by atoms with Crippen molar-refractivity contribution in [2.75, 3.05) is 0 Å². The number of hydrogen-bond donors (Lipinski definition) is 0. The van der Waals surface area contributed by atoms with Crippen LogP contribution in [0.2, 0.25) is 0 Å². The second-order valence-electron chi connectivity index (χ2n) is 11.5. The van der Waals surface area contributed by atoms with Gasteiger partial charge in [-0.3, -0.25) is 4.98 Å². The Morgan fingerprint density at radius 3 is 1.79 bits per heavy atom. The number of hydrogen-bond acceptors (Lipinski definition) is 5. The Morgan fingerprint density at radius 1 is 0.383 bits per heavy atom. The van der Waals surface area contributed by atoms with Crippen LogP contribution >= 0.6 is 0 Å². The number of rotatable bonds is 5.